The van der Waals surface area contributed by atoms with E-state index in [-0.39, 0.29) is 28.3 Å². The van der Waals surface area contributed by atoms with E-state index in [0.29, 0.717) is 10.8 Å². The molecule has 0 aliphatic carbocycles. The maximum Gasteiger partial charge on any atom is 0.273 e. The molecule has 0 atom stereocenters. The van der Waals surface area contributed by atoms with Crippen molar-refractivity contribution in [2.75, 3.05) is 4.72 Å². The van der Waals surface area contributed by atoms with E-state index in [1.165, 1.54) is 36.4 Å². The van der Waals surface area contributed by atoms with Gasteiger partial charge in [0.1, 0.15) is 12.4 Å². The third-order valence-corrected chi connectivity index (χ3v) is 7.43. The van der Waals surface area contributed by atoms with Crippen molar-refractivity contribution in [1.29, 1.82) is 0 Å². The van der Waals surface area contributed by atoms with Gasteiger partial charge in [-0.15, -0.1) is 0 Å². The first kappa shape index (κ1) is 27.2. The third kappa shape index (κ3) is 7.12. The van der Waals surface area contributed by atoms with Crippen molar-refractivity contribution in [2.45, 2.75) is 11.5 Å². The van der Waals surface area contributed by atoms with Crippen molar-refractivity contribution in [1.82, 2.24) is 10.9 Å². The number of amides is 2. The smallest absolute Gasteiger partial charge is 0.273 e. The number of nitrogens with one attached hydrogen (secondary N) is 3. The second-order valence-corrected chi connectivity index (χ2v) is 11.0. The van der Waals surface area contributed by atoms with Gasteiger partial charge < -0.3 is 4.74 Å². The van der Waals surface area contributed by atoms with Gasteiger partial charge in [-0.3, -0.25) is 25.2 Å². The van der Waals surface area contributed by atoms with Crippen LogP contribution in [-0.4, -0.2) is 20.2 Å². The predicted octanol–water partition coefficient (Wildman–Crippen LogP) is 5.56. The van der Waals surface area contributed by atoms with E-state index >= 15 is 0 Å². The summed E-state index contributed by atoms with van der Waals surface area (Å²) in [4.78, 5) is 25.4. The van der Waals surface area contributed by atoms with Crippen LogP contribution in [0.25, 0.3) is 0 Å². The van der Waals surface area contributed by atoms with Gasteiger partial charge in [0.05, 0.1) is 10.5 Å². The number of sulfonamides is 1. The molecule has 0 spiro atoms. The molecule has 0 aromatic heterocycles. The fraction of sp³-hybridized carbons (Fsp3) is 0.0370. The third-order valence-electron chi connectivity index (χ3n) is 5.25. The Bertz CT molecular complexity index is 1550. The van der Waals surface area contributed by atoms with Crippen LogP contribution < -0.4 is 20.3 Å². The van der Waals surface area contributed by atoms with E-state index < -0.39 is 21.8 Å². The minimum Gasteiger partial charge on any atom is -0.488 e. The Hall–Kier alpha value is -3.86. The summed E-state index contributed by atoms with van der Waals surface area (Å²) in [5.74, 6) is -0.805. The van der Waals surface area contributed by atoms with Crippen molar-refractivity contribution in [2.24, 2.45) is 0 Å². The zero-order valence-corrected chi connectivity index (χ0v) is 22.8. The van der Waals surface area contributed by atoms with Gasteiger partial charge in [0.2, 0.25) is 0 Å². The van der Waals surface area contributed by atoms with Crippen LogP contribution in [0.1, 0.15) is 26.3 Å². The molecule has 2 amide bonds. The Balaban J connectivity index is 1.34. The summed E-state index contributed by atoms with van der Waals surface area (Å²) in [6.45, 7) is 0.228. The number of halogens is 2. The quantitative estimate of drug-likeness (QED) is 0.225. The second-order valence-electron chi connectivity index (χ2n) is 7.96. The van der Waals surface area contributed by atoms with Crippen molar-refractivity contribution >= 4 is 55.1 Å². The van der Waals surface area contributed by atoms with Crippen molar-refractivity contribution in [3.63, 3.8) is 0 Å². The Morgan fingerprint density at radius 3 is 2.11 bits per heavy atom. The first-order valence-electron chi connectivity index (χ1n) is 11.2. The summed E-state index contributed by atoms with van der Waals surface area (Å²) in [5, 5.41) is 0.612. The van der Waals surface area contributed by atoms with Gasteiger partial charge in [-0.25, -0.2) is 8.42 Å². The van der Waals surface area contributed by atoms with Crippen LogP contribution in [0.3, 0.4) is 0 Å². The van der Waals surface area contributed by atoms with Crippen LogP contribution in [-0.2, 0) is 16.6 Å². The Morgan fingerprint density at radius 2 is 1.42 bits per heavy atom. The Labute approximate surface area is 233 Å². The summed E-state index contributed by atoms with van der Waals surface area (Å²) in [6.07, 6.45) is 0. The number of carbonyl (C=O) groups excluding carboxylic acids is 2. The summed E-state index contributed by atoms with van der Waals surface area (Å²) in [5.41, 5.74) is 6.32. The molecule has 0 heterocycles. The molecular formula is C27H21BrClN3O5S. The van der Waals surface area contributed by atoms with Gasteiger partial charge in [-0.05, 0) is 78.4 Å². The van der Waals surface area contributed by atoms with E-state index in [0.717, 1.165) is 10.0 Å². The maximum absolute atomic E-state index is 12.7. The molecule has 0 aliphatic heterocycles. The van der Waals surface area contributed by atoms with Crippen LogP contribution in [0.5, 0.6) is 5.75 Å². The lowest BCUT2D eigenvalue weighted by molar-refractivity contribution is 0.0844. The topological polar surface area (TPSA) is 114 Å². The number of ether oxygens (including phenoxy) is 1. The van der Waals surface area contributed by atoms with E-state index in [9.17, 15) is 18.0 Å². The van der Waals surface area contributed by atoms with Crippen molar-refractivity contribution < 1.29 is 22.7 Å². The second kappa shape index (κ2) is 12.1. The summed E-state index contributed by atoms with van der Waals surface area (Å²) >= 11 is 9.17. The number of hydrazine groups is 1. The molecule has 3 N–H and O–H groups in total. The average Bonchev–Trinajstić information content (AvgIpc) is 2.92. The largest absolute Gasteiger partial charge is 0.488 e. The number of para-hydroxylation sites is 1. The SMILES string of the molecule is O=C(NNC(=O)c1ccccc1OCc1ccc(Cl)cc1)c1ccc(NS(=O)(=O)c2ccc(Br)cc2)cc1. The molecule has 4 aromatic rings. The first-order chi connectivity index (χ1) is 18.2. The number of benzene rings is 4. The fourth-order valence-corrected chi connectivity index (χ4v) is 4.74. The van der Waals surface area contributed by atoms with Gasteiger partial charge in [-0.1, -0.05) is 51.8 Å². The molecule has 0 saturated heterocycles. The normalized spacial score (nSPS) is 10.9. The molecule has 0 fully saturated rings. The standard InChI is InChI=1S/C27H21BrClN3O5S/c28-20-9-15-23(16-10-20)38(35,36)32-22-13-7-19(8-14-22)26(33)30-31-27(34)24-3-1-2-4-25(24)37-17-18-5-11-21(29)12-6-18/h1-16,32H,17H2,(H,30,33)(H,31,34). The monoisotopic (exact) mass is 613 g/mol. The minimum absolute atomic E-state index is 0.0997. The van der Waals surface area contributed by atoms with Gasteiger partial charge in [0.15, 0.2) is 0 Å². The van der Waals surface area contributed by atoms with E-state index in [1.54, 1.807) is 48.5 Å². The molecule has 4 aromatic carbocycles. The minimum atomic E-state index is -3.79. The molecule has 38 heavy (non-hydrogen) atoms. The lowest BCUT2D eigenvalue weighted by Crippen LogP contribution is -2.41. The molecular weight excluding hydrogens is 594 g/mol. The molecule has 4 rings (SSSR count). The number of hydrogen-bond donors (Lipinski definition) is 3. The predicted molar refractivity (Wildman–Crippen MR) is 149 cm³/mol. The van der Waals surface area contributed by atoms with Gasteiger partial charge in [0, 0.05) is 20.7 Å². The van der Waals surface area contributed by atoms with Gasteiger partial charge in [0.25, 0.3) is 21.8 Å². The lowest BCUT2D eigenvalue weighted by Gasteiger charge is -2.13. The highest BCUT2D eigenvalue weighted by atomic mass is 79.9. The average molecular weight is 615 g/mol. The van der Waals surface area contributed by atoms with Crippen LogP contribution >= 0.6 is 27.5 Å². The highest BCUT2D eigenvalue weighted by Crippen LogP contribution is 2.21. The van der Waals surface area contributed by atoms with Crippen LogP contribution in [0.2, 0.25) is 5.02 Å². The molecule has 11 heteroatoms. The Morgan fingerprint density at radius 1 is 0.789 bits per heavy atom. The molecule has 194 valence electrons. The zero-order valence-electron chi connectivity index (χ0n) is 19.7. The molecule has 0 bridgehead atoms. The number of carbonyl (C=O) groups is 2. The lowest BCUT2D eigenvalue weighted by atomic mass is 10.2. The molecule has 0 saturated carbocycles. The molecule has 0 unspecified atom stereocenters. The van der Waals surface area contributed by atoms with Crippen molar-refractivity contribution in [3.8, 4) is 5.75 Å². The first-order valence-corrected chi connectivity index (χ1v) is 13.8. The highest BCUT2D eigenvalue weighted by molar-refractivity contribution is 9.10. The number of hydrogen-bond acceptors (Lipinski definition) is 5. The fourth-order valence-electron chi connectivity index (χ4n) is 3.29. The van der Waals surface area contributed by atoms with Gasteiger partial charge in [-0.2, -0.15) is 0 Å². The maximum atomic E-state index is 12.7. The zero-order chi connectivity index (χ0) is 27.1. The summed E-state index contributed by atoms with van der Waals surface area (Å²) in [6, 6.07) is 25.7. The number of anilines is 1. The van der Waals surface area contributed by atoms with E-state index in [1.807, 2.05) is 12.1 Å². The van der Waals surface area contributed by atoms with Crippen molar-refractivity contribution in [3.05, 3.63) is 123 Å². The molecule has 8 nitrogen and oxygen atoms in total. The summed E-state index contributed by atoms with van der Waals surface area (Å²) < 4.78 is 34.1. The van der Waals surface area contributed by atoms with Crippen LogP contribution in [0.15, 0.2) is 106 Å². The van der Waals surface area contributed by atoms with E-state index in [4.69, 9.17) is 16.3 Å². The number of rotatable bonds is 8. The molecule has 0 aliphatic rings. The Kier molecular flexibility index (Phi) is 8.67. The van der Waals surface area contributed by atoms with Gasteiger partial charge >= 0.3 is 0 Å². The van der Waals surface area contributed by atoms with E-state index in [2.05, 4.69) is 31.5 Å². The van der Waals surface area contributed by atoms with Crippen LogP contribution in [0, 0.1) is 0 Å². The van der Waals surface area contributed by atoms with Crippen LogP contribution in [0.4, 0.5) is 5.69 Å². The highest BCUT2D eigenvalue weighted by Gasteiger charge is 2.16. The summed E-state index contributed by atoms with van der Waals surface area (Å²) in [7, 11) is -3.79. The molecule has 0 radical (unpaired) electrons.